The zero-order valence-electron chi connectivity index (χ0n) is 13.7. The van der Waals surface area contributed by atoms with E-state index in [-0.39, 0.29) is 0 Å². The van der Waals surface area contributed by atoms with E-state index in [1.807, 2.05) is 23.6 Å². The molecule has 23 heavy (non-hydrogen) atoms. The molecule has 0 fully saturated rings. The number of nitrogens with zero attached hydrogens (tertiary/aromatic N) is 1. The van der Waals surface area contributed by atoms with Crippen LogP contribution in [-0.4, -0.2) is 4.98 Å². The van der Waals surface area contributed by atoms with Crippen molar-refractivity contribution in [3.05, 3.63) is 72.4 Å². The third-order valence-electron chi connectivity index (χ3n) is 3.95. The number of hydrogen-bond donors (Lipinski definition) is 0. The zero-order chi connectivity index (χ0) is 16.4. The van der Waals surface area contributed by atoms with Crippen LogP contribution in [0.1, 0.15) is 25.1 Å². The normalized spacial score (nSPS) is 11.1. The van der Waals surface area contributed by atoms with E-state index in [9.17, 15) is 0 Å². The van der Waals surface area contributed by atoms with E-state index < -0.39 is 0 Å². The van der Waals surface area contributed by atoms with Crippen LogP contribution < -0.4 is 0 Å². The number of rotatable bonds is 5. The Morgan fingerprint density at radius 2 is 2.00 bits per heavy atom. The minimum Gasteiger partial charge on any atom is -0.256 e. The number of aromatic nitrogens is 1. The Hall–Kier alpha value is -2.19. The quantitative estimate of drug-likeness (QED) is 0.498. The third kappa shape index (κ3) is 3.27. The second-order valence-electron chi connectivity index (χ2n) is 6.23. The summed E-state index contributed by atoms with van der Waals surface area (Å²) in [4.78, 5) is 4.37. The minimum absolute atomic E-state index is 0.681. The first-order valence-corrected chi connectivity index (χ1v) is 8.74. The number of fused-ring (bicyclic) bond motifs is 1. The van der Waals surface area contributed by atoms with Gasteiger partial charge in [0.2, 0.25) is 0 Å². The van der Waals surface area contributed by atoms with E-state index in [2.05, 4.69) is 61.6 Å². The molecule has 1 nitrogen and oxygen atoms in total. The number of thiophene rings is 1. The van der Waals surface area contributed by atoms with E-state index >= 15 is 0 Å². The average molecular weight is 319 g/mol. The molecule has 0 unspecified atom stereocenters. The molecular weight excluding hydrogens is 298 g/mol. The van der Waals surface area contributed by atoms with E-state index in [1.165, 1.54) is 26.8 Å². The van der Waals surface area contributed by atoms with Crippen molar-refractivity contribution in [3.63, 3.8) is 0 Å². The summed E-state index contributed by atoms with van der Waals surface area (Å²) >= 11 is 1.83. The summed E-state index contributed by atoms with van der Waals surface area (Å²) in [6.07, 6.45) is 4.72. The molecule has 2 heterocycles. The van der Waals surface area contributed by atoms with Crippen LogP contribution in [0, 0.1) is 5.92 Å². The molecule has 116 valence electrons. The molecule has 3 aromatic rings. The van der Waals surface area contributed by atoms with Crippen molar-refractivity contribution in [1.29, 1.82) is 0 Å². The van der Waals surface area contributed by atoms with Crippen LogP contribution in [0.15, 0.2) is 61.1 Å². The lowest BCUT2D eigenvalue weighted by atomic mass is 9.99. The van der Waals surface area contributed by atoms with Gasteiger partial charge in [-0.3, -0.25) is 4.98 Å². The van der Waals surface area contributed by atoms with Crippen molar-refractivity contribution < 1.29 is 0 Å². The molecule has 0 spiro atoms. The van der Waals surface area contributed by atoms with Crippen LogP contribution in [0.25, 0.3) is 26.8 Å². The first kappa shape index (κ1) is 15.7. The smallest absolute Gasteiger partial charge is 0.0701 e. The molecule has 0 bridgehead atoms. The largest absolute Gasteiger partial charge is 0.256 e. The highest BCUT2D eigenvalue weighted by Crippen LogP contribution is 2.32. The number of hydrogen-bond acceptors (Lipinski definition) is 2. The highest BCUT2D eigenvalue weighted by Gasteiger charge is 2.08. The van der Waals surface area contributed by atoms with Gasteiger partial charge in [-0.25, -0.2) is 0 Å². The van der Waals surface area contributed by atoms with Gasteiger partial charge in [0, 0.05) is 10.9 Å². The van der Waals surface area contributed by atoms with E-state index in [1.54, 1.807) is 6.08 Å². The maximum atomic E-state index is 4.37. The Morgan fingerprint density at radius 1 is 1.22 bits per heavy atom. The van der Waals surface area contributed by atoms with E-state index in [0.717, 1.165) is 17.7 Å². The van der Waals surface area contributed by atoms with Gasteiger partial charge in [-0.15, -0.1) is 11.3 Å². The van der Waals surface area contributed by atoms with Gasteiger partial charge in [0.15, 0.2) is 0 Å². The van der Waals surface area contributed by atoms with E-state index in [4.69, 9.17) is 0 Å². The molecule has 0 N–H and O–H groups in total. The molecule has 0 aliphatic heterocycles. The number of pyridine rings is 1. The molecule has 0 radical (unpaired) electrons. The van der Waals surface area contributed by atoms with Crippen LogP contribution in [0.2, 0.25) is 0 Å². The summed E-state index contributed by atoms with van der Waals surface area (Å²) in [6.45, 7) is 12.3. The van der Waals surface area contributed by atoms with Gasteiger partial charge in [-0.1, -0.05) is 45.2 Å². The van der Waals surface area contributed by atoms with E-state index in [0.29, 0.717) is 5.92 Å². The Kier molecular flexibility index (Phi) is 4.44. The lowest BCUT2D eigenvalue weighted by Gasteiger charge is -2.06. The van der Waals surface area contributed by atoms with Gasteiger partial charge in [-0.05, 0) is 63.6 Å². The van der Waals surface area contributed by atoms with Crippen LogP contribution in [0.4, 0.5) is 0 Å². The summed E-state index contributed by atoms with van der Waals surface area (Å²) in [5.41, 5.74) is 5.57. The molecule has 0 aliphatic rings. The summed E-state index contributed by atoms with van der Waals surface area (Å²) in [6, 6.07) is 10.9. The predicted molar refractivity (Wildman–Crippen MR) is 103 cm³/mol. The Balaban J connectivity index is 2.01. The highest BCUT2D eigenvalue weighted by molar-refractivity contribution is 7.17. The number of allylic oxidation sites excluding steroid dienone is 2. The van der Waals surface area contributed by atoms with Crippen molar-refractivity contribution in [2.45, 2.75) is 20.3 Å². The maximum absolute atomic E-state index is 4.37. The average Bonchev–Trinajstić information content (AvgIpc) is 2.95. The lowest BCUT2D eigenvalue weighted by molar-refractivity contribution is 0.651. The van der Waals surface area contributed by atoms with Gasteiger partial charge in [-0.2, -0.15) is 0 Å². The molecule has 2 heteroatoms. The molecule has 0 saturated carbocycles. The van der Waals surface area contributed by atoms with Crippen molar-refractivity contribution in [2.75, 3.05) is 0 Å². The second-order valence-corrected chi connectivity index (χ2v) is 7.14. The summed E-state index contributed by atoms with van der Waals surface area (Å²) in [5, 5.41) is 3.68. The summed E-state index contributed by atoms with van der Waals surface area (Å²) in [7, 11) is 0. The third-order valence-corrected chi connectivity index (χ3v) is 4.95. The predicted octanol–water partition coefficient (Wildman–Crippen LogP) is 6.36. The van der Waals surface area contributed by atoms with Crippen LogP contribution >= 0.6 is 11.3 Å². The summed E-state index contributed by atoms with van der Waals surface area (Å²) < 4.78 is 1.35. The first-order chi connectivity index (χ1) is 11.1. The van der Waals surface area contributed by atoms with Gasteiger partial charge >= 0.3 is 0 Å². The lowest BCUT2D eigenvalue weighted by Crippen LogP contribution is -1.92. The number of benzene rings is 1. The molecule has 1 aromatic carbocycles. The van der Waals surface area contributed by atoms with Crippen LogP contribution in [0.5, 0.6) is 0 Å². The second kappa shape index (κ2) is 6.51. The maximum Gasteiger partial charge on any atom is 0.0701 e. The molecule has 0 atom stereocenters. The van der Waals surface area contributed by atoms with Gasteiger partial charge in [0.25, 0.3) is 0 Å². The van der Waals surface area contributed by atoms with Gasteiger partial charge in [0.05, 0.1) is 5.69 Å². The van der Waals surface area contributed by atoms with Crippen molar-refractivity contribution >= 4 is 27.0 Å². The monoisotopic (exact) mass is 319 g/mol. The molecule has 2 aromatic heterocycles. The van der Waals surface area contributed by atoms with Crippen molar-refractivity contribution in [1.82, 2.24) is 4.98 Å². The standard InChI is InChI=1S/C21H21NS/c1-5-15(4)20-11-17(8-9-22-20)16-6-7-19-18(10-14(2)3)13-23-21(19)12-16/h5-9,11-14H,1,4,10H2,2-3H3. The molecule has 0 aliphatic carbocycles. The first-order valence-electron chi connectivity index (χ1n) is 7.86. The topological polar surface area (TPSA) is 12.9 Å². The Bertz CT molecular complexity index is 870. The molecule has 3 rings (SSSR count). The van der Waals surface area contributed by atoms with Crippen molar-refractivity contribution in [3.8, 4) is 11.1 Å². The van der Waals surface area contributed by atoms with Gasteiger partial charge in [0.1, 0.15) is 0 Å². The zero-order valence-corrected chi connectivity index (χ0v) is 14.5. The fraction of sp³-hybridized carbons (Fsp3) is 0.190. The fourth-order valence-electron chi connectivity index (χ4n) is 2.75. The fourth-order valence-corrected chi connectivity index (χ4v) is 3.76. The van der Waals surface area contributed by atoms with Gasteiger partial charge < -0.3 is 0 Å². The van der Waals surface area contributed by atoms with Crippen LogP contribution in [0.3, 0.4) is 0 Å². The molecule has 0 amide bonds. The Labute approximate surface area is 142 Å². The Morgan fingerprint density at radius 3 is 2.74 bits per heavy atom. The molecule has 0 saturated heterocycles. The SMILES string of the molecule is C=CC(=C)c1cc(-c2ccc3c(CC(C)C)csc3c2)ccn1. The highest BCUT2D eigenvalue weighted by atomic mass is 32.1. The summed E-state index contributed by atoms with van der Waals surface area (Å²) in [5.74, 6) is 0.681. The van der Waals surface area contributed by atoms with Crippen molar-refractivity contribution in [2.24, 2.45) is 5.92 Å². The minimum atomic E-state index is 0.681. The molecular formula is C21H21NS. The van der Waals surface area contributed by atoms with Crippen LogP contribution in [-0.2, 0) is 6.42 Å².